The van der Waals surface area contributed by atoms with Gasteiger partial charge in [0.05, 0.1) is 5.92 Å². The van der Waals surface area contributed by atoms with Gasteiger partial charge in [-0.15, -0.1) is 0 Å². The van der Waals surface area contributed by atoms with Crippen molar-refractivity contribution in [2.45, 2.75) is 40.0 Å². The molecule has 0 aliphatic carbocycles. The molecule has 25 heavy (non-hydrogen) atoms. The fourth-order valence-corrected chi connectivity index (χ4v) is 3.25. The van der Waals surface area contributed by atoms with Crippen LogP contribution in [-0.4, -0.2) is 54.4 Å². The summed E-state index contributed by atoms with van der Waals surface area (Å²) in [6, 6.07) is 3.56. The van der Waals surface area contributed by atoms with Gasteiger partial charge >= 0.3 is 0 Å². The average Bonchev–Trinajstić information content (AvgIpc) is 2.67. The predicted octanol–water partition coefficient (Wildman–Crippen LogP) is 2.31. The van der Waals surface area contributed by atoms with Crippen LogP contribution in [0.1, 0.15) is 50.4 Å². The Morgan fingerprint density at radius 1 is 1.32 bits per heavy atom. The summed E-state index contributed by atoms with van der Waals surface area (Å²) >= 11 is 0. The molecular formula is C19H30N4O2. The number of nitrogens with zero attached hydrogens (tertiary/aromatic N) is 3. The Morgan fingerprint density at radius 3 is 2.76 bits per heavy atom. The van der Waals surface area contributed by atoms with E-state index in [0.29, 0.717) is 18.7 Å². The Balaban J connectivity index is 2.08. The van der Waals surface area contributed by atoms with E-state index in [1.807, 2.05) is 31.7 Å². The monoisotopic (exact) mass is 346 g/mol. The molecule has 0 saturated carbocycles. The lowest BCUT2D eigenvalue weighted by molar-refractivity contribution is -0.135. The van der Waals surface area contributed by atoms with E-state index in [1.54, 1.807) is 12.3 Å². The van der Waals surface area contributed by atoms with Gasteiger partial charge in [0.1, 0.15) is 5.82 Å². The smallest absolute Gasteiger partial charge is 0.251 e. The van der Waals surface area contributed by atoms with Crippen molar-refractivity contribution in [2.24, 2.45) is 5.92 Å². The number of hydrogen-bond acceptors (Lipinski definition) is 4. The molecule has 1 unspecified atom stereocenters. The third kappa shape index (κ3) is 4.94. The van der Waals surface area contributed by atoms with Crippen LogP contribution in [0.3, 0.4) is 0 Å². The quantitative estimate of drug-likeness (QED) is 0.823. The van der Waals surface area contributed by atoms with E-state index in [2.05, 4.69) is 15.2 Å². The Bertz CT molecular complexity index is 587. The molecule has 138 valence electrons. The Kier molecular flexibility index (Phi) is 7.22. The van der Waals surface area contributed by atoms with Crippen molar-refractivity contribution in [2.75, 3.05) is 37.6 Å². The first-order chi connectivity index (χ1) is 12.1. The van der Waals surface area contributed by atoms with Gasteiger partial charge in [-0.25, -0.2) is 4.98 Å². The van der Waals surface area contributed by atoms with Crippen molar-refractivity contribution in [1.29, 1.82) is 0 Å². The molecule has 1 atom stereocenters. The van der Waals surface area contributed by atoms with Gasteiger partial charge in [-0.3, -0.25) is 9.59 Å². The van der Waals surface area contributed by atoms with E-state index in [-0.39, 0.29) is 17.7 Å². The summed E-state index contributed by atoms with van der Waals surface area (Å²) in [5, 5.41) is 2.89. The molecule has 0 aromatic carbocycles. The third-order valence-electron chi connectivity index (χ3n) is 4.71. The van der Waals surface area contributed by atoms with Crippen molar-refractivity contribution in [3.8, 4) is 0 Å². The van der Waals surface area contributed by atoms with Gasteiger partial charge in [0.15, 0.2) is 0 Å². The van der Waals surface area contributed by atoms with E-state index in [1.165, 1.54) is 0 Å². The minimum Gasteiger partial charge on any atom is -0.356 e. The number of carbonyl (C=O) groups excluding carboxylic acids is 2. The summed E-state index contributed by atoms with van der Waals surface area (Å²) in [5.41, 5.74) is 0.621. The Morgan fingerprint density at radius 2 is 2.08 bits per heavy atom. The van der Waals surface area contributed by atoms with Crippen molar-refractivity contribution in [1.82, 2.24) is 15.2 Å². The van der Waals surface area contributed by atoms with E-state index in [9.17, 15) is 9.59 Å². The summed E-state index contributed by atoms with van der Waals surface area (Å²) in [5.74, 6) is 0.944. The molecule has 1 aromatic heterocycles. The van der Waals surface area contributed by atoms with E-state index in [4.69, 9.17) is 0 Å². The highest BCUT2D eigenvalue weighted by Crippen LogP contribution is 2.23. The van der Waals surface area contributed by atoms with Crippen LogP contribution in [0.15, 0.2) is 18.3 Å². The van der Waals surface area contributed by atoms with Crippen LogP contribution in [0, 0.1) is 5.92 Å². The number of aromatic nitrogens is 1. The first kappa shape index (κ1) is 19.2. The highest BCUT2D eigenvalue weighted by Gasteiger charge is 2.29. The summed E-state index contributed by atoms with van der Waals surface area (Å²) in [4.78, 5) is 33.3. The fourth-order valence-electron chi connectivity index (χ4n) is 3.25. The highest BCUT2D eigenvalue weighted by molar-refractivity contribution is 5.94. The van der Waals surface area contributed by atoms with Crippen LogP contribution in [0.25, 0.3) is 0 Å². The van der Waals surface area contributed by atoms with Crippen molar-refractivity contribution < 1.29 is 9.59 Å². The second kappa shape index (κ2) is 9.39. The molecule has 1 aliphatic rings. The Labute approximate surface area is 150 Å². The normalized spacial score (nSPS) is 17.2. The summed E-state index contributed by atoms with van der Waals surface area (Å²) in [6.45, 7) is 9.76. The van der Waals surface area contributed by atoms with Crippen LogP contribution in [0.4, 0.5) is 5.82 Å². The molecule has 2 amide bonds. The number of anilines is 1. The topological polar surface area (TPSA) is 65.5 Å². The van der Waals surface area contributed by atoms with Crippen LogP contribution in [0.5, 0.6) is 0 Å². The zero-order valence-electron chi connectivity index (χ0n) is 15.6. The lowest BCUT2D eigenvalue weighted by atomic mass is 9.96. The number of nitrogens with one attached hydrogen (secondary N) is 1. The number of hydrogen-bond donors (Lipinski definition) is 1. The van der Waals surface area contributed by atoms with Crippen LogP contribution < -0.4 is 10.2 Å². The van der Waals surface area contributed by atoms with Gasteiger partial charge in [0, 0.05) is 44.5 Å². The largest absolute Gasteiger partial charge is 0.356 e. The highest BCUT2D eigenvalue weighted by atomic mass is 16.2. The minimum atomic E-state index is -0.0710. The lowest BCUT2D eigenvalue weighted by Gasteiger charge is -2.35. The first-order valence-electron chi connectivity index (χ1n) is 9.38. The Hall–Kier alpha value is -2.11. The van der Waals surface area contributed by atoms with Crippen molar-refractivity contribution in [3.63, 3.8) is 0 Å². The molecule has 1 aliphatic heterocycles. The van der Waals surface area contributed by atoms with Gasteiger partial charge < -0.3 is 15.1 Å². The SMILES string of the molecule is CCCNC(=O)c1ccnc(N2CCCC(C(=O)N(CC)CC)C2)c1. The molecule has 0 spiro atoms. The maximum Gasteiger partial charge on any atom is 0.251 e. The maximum atomic E-state index is 12.6. The fraction of sp³-hybridized carbons (Fsp3) is 0.632. The van der Waals surface area contributed by atoms with Gasteiger partial charge in [-0.1, -0.05) is 6.92 Å². The molecule has 6 nitrogen and oxygen atoms in total. The standard InChI is InChI=1S/C19H30N4O2/c1-4-10-21-18(24)15-9-11-20-17(13-15)23-12-7-8-16(14-23)19(25)22(5-2)6-3/h9,11,13,16H,4-8,10,12,14H2,1-3H3,(H,21,24). The van der Waals surface area contributed by atoms with Gasteiger partial charge in [-0.2, -0.15) is 0 Å². The number of piperidine rings is 1. The molecule has 2 heterocycles. The molecule has 1 aromatic rings. The zero-order valence-corrected chi connectivity index (χ0v) is 15.6. The lowest BCUT2D eigenvalue weighted by Crippen LogP contribution is -2.45. The molecule has 1 N–H and O–H groups in total. The van der Waals surface area contributed by atoms with E-state index >= 15 is 0 Å². The summed E-state index contributed by atoms with van der Waals surface area (Å²) < 4.78 is 0. The number of rotatable bonds is 7. The van der Waals surface area contributed by atoms with Crippen molar-refractivity contribution in [3.05, 3.63) is 23.9 Å². The molecule has 6 heteroatoms. The van der Waals surface area contributed by atoms with E-state index in [0.717, 1.165) is 44.7 Å². The molecule has 0 radical (unpaired) electrons. The molecule has 0 bridgehead atoms. The summed E-state index contributed by atoms with van der Waals surface area (Å²) in [6.07, 6.45) is 4.46. The average molecular weight is 346 g/mol. The maximum absolute atomic E-state index is 12.6. The van der Waals surface area contributed by atoms with Crippen LogP contribution >= 0.6 is 0 Å². The minimum absolute atomic E-state index is 0.00743. The first-order valence-corrected chi connectivity index (χ1v) is 9.38. The van der Waals surface area contributed by atoms with Crippen molar-refractivity contribution >= 4 is 17.6 Å². The molecule has 1 fully saturated rings. The third-order valence-corrected chi connectivity index (χ3v) is 4.71. The van der Waals surface area contributed by atoms with Gasteiger partial charge in [0.2, 0.25) is 5.91 Å². The van der Waals surface area contributed by atoms with Crippen LogP contribution in [-0.2, 0) is 4.79 Å². The number of carbonyl (C=O) groups is 2. The molecule has 1 saturated heterocycles. The van der Waals surface area contributed by atoms with E-state index < -0.39 is 0 Å². The van der Waals surface area contributed by atoms with Gasteiger partial charge in [0.25, 0.3) is 5.91 Å². The van der Waals surface area contributed by atoms with Crippen LogP contribution in [0.2, 0.25) is 0 Å². The number of amides is 2. The van der Waals surface area contributed by atoms with Gasteiger partial charge in [-0.05, 0) is 45.2 Å². The second-order valence-corrected chi connectivity index (χ2v) is 6.45. The molecule has 2 rings (SSSR count). The summed E-state index contributed by atoms with van der Waals surface area (Å²) in [7, 11) is 0. The molecular weight excluding hydrogens is 316 g/mol. The zero-order chi connectivity index (χ0) is 18.2. The predicted molar refractivity (Wildman–Crippen MR) is 99.7 cm³/mol. The second-order valence-electron chi connectivity index (χ2n) is 6.45. The number of pyridine rings is 1.